The fraction of sp³-hybridized carbons (Fsp3) is 0. The molecule has 5 nitrogen and oxygen atoms in total. The Bertz CT molecular complexity index is 1000. The average Bonchev–Trinajstić information content (AvgIpc) is 2.68. The van der Waals surface area contributed by atoms with E-state index in [-0.39, 0.29) is 9.79 Å². The van der Waals surface area contributed by atoms with Gasteiger partial charge in [0, 0.05) is 0 Å². The number of hydrogen-bond acceptors (Lipinski definition) is 5. The summed E-state index contributed by atoms with van der Waals surface area (Å²) < 4.78 is 52.8. The minimum Gasteiger partial charge on any atom is -0.161 e. The molecule has 0 fully saturated rings. The molecule has 0 saturated carbocycles. The van der Waals surface area contributed by atoms with Crippen LogP contribution >= 0.6 is 11.9 Å². The van der Waals surface area contributed by atoms with E-state index in [1.54, 1.807) is 66.7 Å². The first-order valence-corrected chi connectivity index (χ1v) is 11.2. The quantitative estimate of drug-likeness (QED) is 0.463. The van der Waals surface area contributed by atoms with Gasteiger partial charge in [-0.15, -0.1) is 0 Å². The Labute approximate surface area is 157 Å². The molecule has 0 N–H and O–H groups in total. The third-order valence-electron chi connectivity index (χ3n) is 3.40. The monoisotopic (exact) mass is 405 g/mol. The molecule has 8 heteroatoms. The van der Waals surface area contributed by atoms with Gasteiger partial charge in [-0.2, -0.15) is 16.8 Å². The molecular formula is C18H15NO4S3+. The third-order valence-corrected chi connectivity index (χ3v) is 9.35. The fourth-order valence-electron chi connectivity index (χ4n) is 2.15. The van der Waals surface area contributed by atoms with Crippen LogP contribution in [0, 0.1) is 0 Å². The molecule has 0 heterocycles. The Morgan fingerprint density at radius 3 is 1.27 bits per heavy atom. The molecule has 0 aromatic heterocycles. The van der Waals surface area contributed by atoms with Crippen molar-refractivity contribution in [3.63, 3.8) is 0 Å². The van der Waals surface area contributed by atoms with Gasteiger partial charge in [0.05, 0.1) is 4.90 Å². The van der Waals surface area contributed by atoms with Crippen LogP contribution in [0.15, 0.2) is 106 Å². The van der Waals surface area contributed by atoms with Crippen LogP contribution < -0.4 is 3.12 Å². The lowest BCUT2D eigenvalue weighted by Crippen LogP contribution is -2.36. The molecule has 0 aliphatic rings. The Morgan fingerprint density at radius 1 is 0.538 bits per heavy atom. The summed E-state index contributed by atoms with van der Waals surface area (Å²) in [7, 11) is -8.59. The van der Waals surface area contributed by atoms with Gasteiger partial charge in [-0.1, -0.05) is 54.6 Å². The number of hydrogen-bond donors (Lipinski definition) is 0. The predicted octanol–water partition coefficient (Wildman–Crippen LogP) is 3.61. The normalized spacial score (nSPS) is 12.2. The van der Waals surface area contributed by atoms with E-state index < -0.39 is 20.0 Å². The molecule has 3 aromatic carbocycles. The molecule has 0 bridgehead atoms. The lowest BCUT2D eigenvalue weighted by molar-refractivity contribution is 0.570. The maximum Gasteiger partial charge on any atom is 0.401 e. The van der Waals surface area contributed by atoms with Crippen LogP contribution in [0.2, 0.25) is 0 Å². The van der Waals surface area contributed by atoms with Crippen molar-refractivity contribution in [1.82, 2.24) is 3.12 Å². The van der Waals surface area contributed by atoms with Crippen LogP contribution in [0.5, 0.6) is 0 Å². The summed E-state index contributed by atoms with van der Waals surface area (Å²) in [6.45, 7) is 0. The van der Waals surface area contributed by atoms with Crippen molar-refractivity contribution in [2.45, 2.75) is 14.7 Å². The molecule has 0 atom stereocenters. The van der Waals surface area contributed by atoms with Gasteiger partial charge in [0.15, 0.2) is 0 Å². The number of nitrogens with zero attached hydrogens (tertiary/aromatic N) is 1. The van der Waals surface area contributed by atoms with Crippen LogP contribution in [-0.4, -0.2) is 16.8 Å². The van der Waals surface area contributed by atoms with Gasteiger partial charge in [-0.05, 0) is 36.4 Å². The Morgan fingerprint density at radius 2 is 0.885 bits per heavy atom. The standard InChI is InChI=1S/C18H15NO4S3/c20-25(21,17-12-6-2-7-13-17)19(24-16-10-4-1-5-11-16)26(22,23)18-14-8-3-9-15-18/h1-15H/q+1. The van der Waals surface area contributed by atoms with Gasteiger partial charge in [-0.25, -0.2) is 0 Å². The molecule has 0 aliphatic carbocycles. The third kappa shape index (κ3) is 3.83. The maximum absolute atomic E-state index is 13.1. The summed E-state index contributed by atoms with van der Waals surface area (Å²) in [6, 6.07) is 23.5. The summed E-state index contributed by atoms with van der Waals surface area (Å²) in [4.78, 5) is 0.303. The lowest BCUT2D eigenvalue weighted by atomic mass is 10.4. The first-order chi connectivity index (χ1) is 12.4. The molecule has 3 rings (SSSR count). The summed E-state index contributed by atoms with van der Waals surface area (Å²) >= 11 is 0.650. The second-order valence-corrected chi connectivity index (χ2v) is 10.5. The minimum absolute atomic E-state index is 0.0945. The summed E-state index contributed by atoms with van der Waals surface area (Å²) in [6.07, 6.45) is 0. The van der Waals surface area contributed by atoms with Crippen molar-refractivity contribution in [1.29, 1.82) is 0 Å². The summed E-state index contributed by atoms with van der Waals surface area (Å²) in [5.74, 6) is 0. The molecule has 0 amide bonds. The number of benzene rings is 3. The molecule has 0 saturated heterocycles. The van der Waals surface area contributed by atoms with Gasteiger partial charge < -0.3 is 0 Å². The molecule has 133 valence electrons. The van der Waals surface area contributed by atoms with Gasteiger partial charge in [0.25, 0.3) is 0 Å². The van der Waals surface area contributed by atoms with E-state index in [1.165, 1.54) is 24.3 Å². The van der Waals surface area contributed by atoms with E-state index in [1.807, 2.05) is 0 Å². The van der Waals surface area contributed by atoms with Crippen molar-refractivity contribution in [2.24, 2.45) is 0 Å². The van der Waals surface area contributed by atoms with Gasteiger partial charge >= 0.3 is 20.0 Å². The van der Waals surface area contributed by atoms with E-state index in [4.69, 9.17) is 0 Å². The second-order valence-electron chi connectivity index (χ2n) is 5.20. The number of rotatable bonds is 6. The first kappa shape index (κ1) is 18.7. The molecule has 0 spiro atoms. The van der Waals surface area contributed by atoms with Gasteiger partial charge in [0.2, 0.25) is 11.9 Å². The predicted molar refractivity (Wildman–Crippen MR) is 102 cm³/mol. The van der Waals surface area contributed by atoms with E-state index >= 15 is 0 Å². The zero-order chi connectivity index (χ0) is 18.6. The summed E-state index contributed by atoms with van der Waals surface area (Å²) in [5.41, 5.74) is 0. The Hall–Kier alpha value is -2.13. The van der Waals surface area contributed by atoms with Crippen molar-refractivity contribution in [3.05, 3.63) is 91.0 Å². The molecule has 3 aromatic rings. The topological polar surface area (TPSA) is 74.2 Å². The van der Waals surface area contributed by atoms with Gasteiger partial charge in [-0.3, -0.25) is 0 Å². The van der Waals surface area contributed by atoms with E-state index in [2.05, 4.69) is 0 Å². The highest BCUT2D eigenvalue weighted by Crippen LogP contribution is 2.32. The molecule has 0 aliphatic heterocycles. The SMILES string of the molecule is O=S(=O)(c1ccccc1)[N+](Sc1ccccc1)S(=O)(=O)c1ccccc1. The average molecular weight is 406 g/mol. The van der Waals surface area contributed by atoms with Gasteiger partial charge in [0.1, 0.15) is 12.9 Å². The van der Waals surface area contributed by atoms with Crippen LogP contribution in [0.3, 0.4) is 0 Å². The smallest absolute Gasteiger partial charge is 0.161 e. The second kappa shape index (κ2) is 7.63. The van der Waals surface area contributed by atoms with Crippen LogP contribution in [-0.2, 0) is 20.0 Å². The summed E-state index contributed by atoms with van der Waals surface area (Å²) in [5, 5.41) is 0. The van der Waals surface area contributed by atoms with Crippen molar-refractivity contribution in [3.8, 4) is 0 Å². The minimum atomic E-state index is -4.30. The van der Waals surface area contributed by atoms with E-state index in [9.17, 15) is 16.8 Å². The van der Waals surface area contributed by atoms with Crippen LogP contribution in [0.25, 0.3) is 0 Å². The van der Waals surface area contributed by atoms with Crippen molar-refractivity contribution < 1.29 is 16.8 Å². The van der Waals surface area contributed by atoms with Crippen molar-refractivity contribution >= 4 is 32.0 Å². The van der Waals surface area contributed by atoms with Crippen molar-refractivity contribution in [2.75, 3.05) is 0 Å². The van der Waals surface area contributed by atoms with E-state index in [0.29, 0.717) is 20.0 Å². The highest BCUT2D eigenvalue weighted by Gasteiger charge is 2.50. The molecular weight excluding hydrogens is 390 g/mol. The number of sulfonamides is 2. The molecule has 0 unspecified atom stereocenters. The van der Waals surface area contributed by atoms with E-state index in [0.717, 1.165) is 0 Å². The fourth-order valence-corrected chi connectivity index (χ4v) is 7.32. The highest BCUT2D eigenvalue weighted by atomic mass is 32.3. The van der Waals surface area contributed by atoms with Crippen LogP contribution in [0.1, 0.15) is 0 Å². The molecule has 26 heavy (non-hydrogen) atoms. The lowest BCUT2D eigenvalue weighted by Gasteiger charge is -2.09. The Kier molecular flexibility index (Phi) is 5.47. The maximum atomic E-state index is 13.1. The first-order valence-electron chi connectivity index (χ1n) is 7.56. The molecule has 1 radical (unpaired) electrons. The highest BCUT2D eigenvalue weighted by molar-refractivity contribution is 8.22. The zero-order valence-corrected chi connectivity index (χ0v) is 15.9. The van der Waals surface area contributed by atoms with Crippen LogP contribution in [0.4, 0.5) is 0 Å². The zero-order valence-electron chi connectivity index (χ0n) is 13.5. The largest absolute Gasteiger partial charge is 0.401 e. The Balaban J connectivity index is 2.14.